The summed E-state index contributed by atoms with van der Waals surface area (Å²) in [5.41, 5.74) is 0.775. The van der Waals surface area contributed by atoms with Gasteiger partial charge in [-0.15, -0.1) is 0 Å². The molecule has 0 amide bonds. The largest absolute Gasteiger partial charge is 0.417 e. The van der Waals surface area contributed by atoms with Gasteiger partial charge in [-0.05, 0) is 25.0 Å². The summed E-state index contributed by atoms with van der Waals surface area (Å²) in [6, 6.07) is 4.89. The molecule has 0 unspecified atom stereocenters. The summed E-state index contributed by atoms with van der Waals surface area (Å²) in [6.07, 6.45) is 4.10. The van der Waals surface area contributed by atoms with Crippen molar-refractivity contribution in [3.8, 4) is 11.8 Å². The van der Waals surface area contributed by atoms with Crippen LogP contribution in [-0.2, 0) is 6.54 Å². The maximum Gasteiger partial charge on any atom is 0.399 e. The van der Waals surface area contributed by atoms with Crippen molar-refractivity contribution < 1.29 is 13.5 Å². The molecule has 3 rings (SSSR count). The van der Waals surface area contributed by atoms with E-state index in [-0.39, 0.29) is 11.9 Å². The first-order valence-electron chi connectivity index (χ1n) is 6.01. The number of halogens is 2. The van der Waals surface area contributed by atoms with Crippen LogP contribution in [0.3, 0.4) is 0 Å². The summed E-state index contributed by atoms with van der Waals surface area (Å²) >= 11 is 3.20. The van der Waals surface area contributed by atoms with Crippen molar-refractivity contribution in [1.29, 1.82) is 0 Å². The normalized spacial score (nSPS) is 14.6. The lowest BCUT2D eigenvalue weighted by molar-refractivity contribution is 0.329. The fourth-order valence-corrected chi connectivity index (χ4v) is 2.09. The number of ether oxygens (including phenoxy) is 1. The summed E-state index contributed by atoms with van der Waals surface area (Å²) in [5, 5.41) is 3.32. The molecule has 1 N–H and O–H groups in total. The Bertz CT molecular complexity index is 564. The minimum atomic E-state index is -0.383. The van der Waals surface area contributed by atoms with Gasteiger partial charge in [-0.25, -0.2) is 4.39 Å². The Morgan fingerprint density at radius 1 is 1.42 bits per heavy atom. The summed E-state index contributed by atoms with van der Waals surface area (Å²) in [7, 11) is 0. The number of aromatic nitrogens is 1. The van der Waals surface area contributed by atoms with Crippen LogP contribution < -0.4 is 10.1 Å². The molecule has 0 spiro atoms. The topological polar surface area (TPSA) is 47.3 Å². The van der Waals surface area contributed by atoms with Crippen LogP contribution in [0, 0.1) is 5.82 Å². The van der Waals surface area contributed by atoms with Crippen molar-refractivity contribution in [1.82, 2.24) is 10.3 Å². The van der Waals surface area contributed by atoms with Crippen LogP contribution in [0.2, 0.25) is 0 Å². The number of hydrogen-bond donors (Lipinski definition) is 1. The van der Waals surface area contributed by atoms with Crippen molar-refractivity contribution in [2.45, 2.75) is 25.4 Å². The fourth-order valence-electron chi connectivity index (χ4n) is 1.64. The molecule has 100 valence electrons. The predicted octanol–water partition coefficient (Wildman–Crippen LogP) is 3.62. The third kappa shape index (κ3) is 3.54. The monoisotopic (exact) mass is 326 g/mol. The highest BCUT2D eigenvalue weighted by Crippen LogP contribution is 2.25. The Hall–Kier alpha value is -1.40. The summed E-state index contributed by atoms with van der Waals surface area (Å²) in [4.78, 5) is 4.18. The number of hydrogen-bond acceptors (Lipinski definition) is 4. The molecule has 2 aromatic rings. The van der Waals surface area contributed by atoms with E-state index in [9.17, 15) is 4.39 Å². The van der Waals surface area contributed by atoms with Gasteiger partial charge in [0.25, 0.3) is 0 Å². The van der Waals surface area contributed by atoms with E-state index in [1.807, 2.05) is 0 Å². The average Bonchev–Trinajstić information content (AvgIpc) is 3.06. The SMILES string of the molecule is Fc1cc(Br)cc(Oc2nc(CNC3CC3)co2)c1. The molecule has 1 aromatic heterocycles. The lowest BCUT2D eigenvalue weighted by Gasteiger charge is -2.01. The maximum absolute atomic E-state index is 13.2. The molecular weight excluding hydrogens is 315 g/mol. The molecule has 1 fully saturated rings. The summed E-state index contributed by atoms with van der Waals surface area (Å²) in [5.74, 6) is -0.0398. The van der Waals surface area contributed by atoms with Crippen molar-refractivity contribution in [3.63, 3.8) is 0 Å². The van der Waals surface area contributed by atoms with Crippen LogP contribution in [0.25, 0.3) is 0 Å². The number of rotatable bonds is 5. The van der Waals surface area contributed by atoms with E-state index in [0.717, 1.165) is 5.69 Å². The minimum Gasteiger partial charge on any atom is -0.417 e. The smallest absolute Gasteiger partial charge is 0.399 e. The van der Waals surface area contributed by atoms with Crippen LogP contribution in [0.15, 0.2) is 33.4 Å². The zero-order valence-electron chi connectivity index (χ0n) is 10.0. The molecule has 0 bridgehead atoms. The highest BCUT2D eigenvalue weighted by atomic mass is 79.9. The zero-order valence-corrected chi connectivity index (χ0v) is 11.6. The molecule has 19 heavy (non-hydrogen) atoms. The van der Waals surface area contributed by atoms with Gasteiger partial charge in [0.2, 0.25) is 0 Å². The van der Waals surface area contributed by atoms with Gasteiger partial charge in [-0.3, -0.25) is 0 Å². The van der Waals surface area contributed by atoms with Gasteiger partial charge in [0.05, 0.1) is 5.69 Å². The number of nitrogens with one attached hydrogen (secondary N) is 1. The highest BCUT2D eigenvalue weighted by Gasteiger charge is 2.20. The van der Waals surface area contributed by atoms with Gasteiger partial charge in [-0.1, -0.05) is 15.9 Å². The molecule has 1 aliphatic carbocycles. The Kier molecular flexibility index (Phi) is 3.52. The van der Waals surface area contributed by atoms with E-state index in [4.69, 9.17) is 9.15 Å². The molecule has 0 aliphatic heterocycles. The van der Waals surface area contributed by atoms with E-state index in [1.54, 1.807) is 12.3 Å². The van der Waals surface area contributed by atoms with Crippen molar-refractivity contribution in [3.05, 3.63) is 40.4 Å². The predicted molar refractivity (Wildman–Crippen MR) is 70.5 cm³/mol. The third-order valence-corrected chi connectivity index (χ3v) is 3.18. The van der Waals surface area contributed by atoms with Crippen LogP contribution in [0.4, 0.5) is 4.39 Å². The molecule has 0 atom stereocenters. The lowest BCUT2D eigenvalue weighted by Crippen LogP contribution is -2.15. The van der Waals surface area contributed by atoms with Gasteiger partial charge in [0, 0.05) is 23.1 Å². The second-order valence-electron chi connectivity index (χ2n) is 4.47. The minimum absolute atomic E-state index is 0.116. The second kappa shape index (κ2) is 5.30. The van der Waals surface area contributed by atoms with Crippen LogP contribution in [0.5, 0.6) is 11.8 Å². The maximum atomic E-state index is 13.2. The molecule has 1 saturated carbocycles. The van der Waals surface area contributed by atoms with Gasteiger partial charge < -0.3 is 14.5 Å². The van der Waals surface area contributed by atoms with Gasteiger partial charge in [-0.2, -0.15) is 4.98 Å². The quantitative estimate of drug-likeness (QED) is 0.911. The number of benzene rings is 1. The first-order chi connectivity index (χ1) is 9.19. The van der Waals surface area contributed by atoms with Crippen LogP contribution in [-0.4, -0.2) is 11.0 Å². The second-order valence-corrected chi connectivity index (χ2v) is 5.38. The summed E-state index contributed by atoms with van der Waals surface area (Å²) < 4.78 is 24.3. The van der Waals surface area contributed by atoms with Crippen molar-refractivity contribution in [2.24, 2.45) is 0 Å². The molecule has 1 aliphatic rings. The van der Waals surface area contributed by atoms with E-state index >= 15 is 0 Å². The summed E-state index contributed by atoms with van der Waals surface area (Å²) in [6.45, 7) is 0.657. The third-order valence-electron chi connectivity index (χ3n) is 2.72. The van der Waals surface area contributed by atoms with Crippen molar-refractivity contribution >= 4 is 15.9 Å². The van der Waals surface area contributed by atoms with E-state index in [0.29, 0.717) is 22.8 Å². The number of nitrogens with zero attached hydrogens (tertiary/aromatic N) is 1. The first kappa shape index (κ1) is 12.6. The molecule has 0 saturated heterocycles. The van der Waals surface area contributed by atoms with E-state index in [1.165, 1.54) is 25.0 Å². The molecule has 6 heteroatoms. The molecular formula is C13H12BrFN2O2. The zero-order chi connectivity index (χ0) is 13.2. The molecule has 1 aromatic carbocycles. The lowest BCUT2D eigenvalue weighted by atomic mass is 10.3. The average molecular weight is 327 g/mol. The van der Waals surface area contributed by atoms with Gasteiger partial charge in [0.15, 0.2) is 0 Å². The molecule has 4 nitrogen and oxygen atoms in total. The Labute approximate surface area is 118 Å². The molecule has 1 heterocycles. The molecule has 0 radical (unpaired) electrons. The number of oxazole rings is 1. The standard InChI is InChI=1S/C13H12BrFN2O2/c14-8-3-9(15)5-12(4-8)19-13-17-11(7-18-13)6-16-10-1-2-10/h3-5,7,10,16H,1-2,6H2. The fraction of sp³-hybridized carbons (Fsp3) is 0.308. The first-order valence-corrected chi connectivity index (χ1v) is 6.80. The van der Waals surface area contributed by atoms with Crippen molar-refractivity contribution in [2.75, 3.05) is 0 Å². The Balaban J connectivity index is 1.65. The van der Waals surface area contributed by atoms with E-state index < -0.39 is 0 Å². The Morgan fingerprint density at radius 3 is 3.00 bits per heavy atom. The highest BCUT2D eigenvalue weighted by molar-refractivity contribution is 9.10. The van der Waals surface area contributed by atoms with E-state index in [2.05, 4.69) is 26.2 Å². The van der Waals surface area contributed by atoms with Gasteiger partial charge in [0.1, 0.15) is 17.8 Å². The van der Waals surface area contributed by atoms with Crippen LogP contribution in [0.1, 0.15) is 18.5 Å². The van der Waals surface area contributed by atoms with Crippen LogP contribution >= 0.6 is 15.9 Å². The Morgan fingerprint density at radius 2 is 2.26 bits per heavy atom. The van der Waals surface area contributed by atoms with Gasteiger partial charge >= 0.3 is 6.08 Å².